The fourth-order valence-electron chi connectivity index (χ4n) is 1.96. The van der Waals surface area contributed by atoms with Gasteiger partial charge in [0.25, 0.3) is 0 Å². The quantitative estimate of drug-likeness (QED) is 0.758. The molecule has 0 saturated heterocycles. The van der Waals surface area contributed by atoms with E-state index in [1.165, 1.54) is 11.1 Å². The van der Waals surface area contributed by atoms with Gasteiger partial charge in [-0.15, -0.1) is 0 Å². The topological polar surface area (TPSA) is 61.3 Å². The van der Waals surface area contributed by atoms with E-state index in [9.17, 15) is 0 Å². The predicted molar refractivity (Wildman–Crippen MR) is 72.3 cm³/mol. The summed E-state index contributed by atoms with van der Waals surface area (Å²) in [5.41, 5.74) is 14.1. The summed E-state index contributed by atoms with van der Waals surface area (Å²) in [5, 5.41) is 0. The Labute approximate surface area is 104 Å². The zero-order valence-electron chi connectivity index (χ0n) is 10.9. The Bertz CT molecular complexity index is 335. The van der Waals surface area contributed by atoms with E-state index in [-0.39, 0.29) is 0 Å². The number of benzene rings is 1. The maximum Gasteiger partial charge on any atom is 0.119 e. The lowest BCUT2D eigenvalue weighted by molar-refractivity contribution is 0.339. The van der Waals surface area contributed by atoms with Crippen LogP contribution < -0.4 is 16.2 Å². The van der Waals surface area contributed by atoms with Gasteiger partial charge in [-0.3, -0.25) is 0 Å². The van der Waals surface area contributed by atoms with Crippen molar-refractivity contribution in [1.29, 1.82) is 0 Å². The molecule has 0 fully saturated rings. The first-order valence-electron chi connectivity index (χ1n) is 6.39. The molecule has 0 unspecified atom stereocenters. The summed E-state index contributed by atoms with van der Waals surface area (Å²) in [6, 6.07) is 6.30. The second kappa shape index (κ2) is 7.30. The molecule has 0 saturated carbocycles. The molecule has 3 nitrogen and oxygen atoms in total. The van der Waals surface area contributed by atoms with Crippen LogP contribution in [0.4, 0.5) is 0 Å². The Morgan fingerprint density at radius 1 is 1.12 bits per heavy atom. The number of rotatable bonds is 7. The van der Waals surface area contributed by atoms with Gasteiger partial charge in [0, 0.05) is 0 Å². The Kier molecular flexibility index (Phi) is 6.01. The van der Waals surface area contributed by atoms with Gasteiger partial charge in [0.15, 0.2) is 0 Å². The first-order chi connectivity index (χ1) is 8.24. The minimum Gasteiger partial charge on any atom is -0.494 e. The van der Waals surface area contributed by atoms with Gasteiger partial charge in [-0.2, -0.15) is 0 Å². The number of hydrogen-bond donors (Lipinski definition) is 2. The summed E-state index contributed by atoms with van der Waals surface area (Å²) >= 11 is 0. The van der Waals surface area contributed by atoms with E-state index in [1.807, 2.05) is 13.0 Å². The lowest BCUT2D eigenvalue weighted by Crippen LogP contribution is -2.25. The van der Waals surface area contributed by atoms with Crippen molar-refractivity contribution in [2.24, 2.45) is 17.4 Å². The van der Waals surface area contributed by atoms with Crippen LogP contribution in [0.3, 0.4) is 0 Å². The van der Waals surface area contributed by atoms with E-state index in [0.717, 1.165) is 18.6 Å². The summed E-state index contributed by atoms with van der Waals surface area (Å²) in [6.07, 6.45) is 1.97. The molecule has 3 heteroatoms. The molecule has 4 N–H and O–H groups in total. The Hall–Kier alpha value is -1.06. The van der Waals surface area contributed by atoms with Crippen LogP contribution in [0, 0.1) is 5.92 Å². The first-order valence-corrected chi connectivity index (χ1v) is 6.39. The van der Waals surface area contributed by atoms with Gasteiger partial charge >= 0.3 is 0 Å². The van der Waals surface area contributed by atoms with Crippen LogP contribution in [0.1, 0.15) is 25.0 Å². The van der Waals surface area contributed by atoms with Crippen molar-refractivity contribution in [2.75, 3.05) is 19.7 Å². The Morgan fingerprint density at radius 3 is 2.35 bits per heavy atom. The van der Waals surface area contributed by atoms with E-state index in [2.05, 4.69) is 19.1 Å². The van der Waals surface area contributed by atoms with Crippen molar-refractivity contribution in [3.05, 3.63) is 29.3 Å². The molecule has 0 amide bonds. The number of aryl methyl sites for hydroxylation is 1. The fourth-order valence-corrected chi connectivity index (χ4v) is 1.96. The zero-order chi connectivity index (χ0) is 12.7. The van der Waals surface area contributed by atoms with E-state index < -0.39 is 0 Å². The highest BCUT2D eigenvalue weighted by Crippen LogP contribution is 2.21. The number of ether oxygens (including phenoxy) is 1. The van der Waals surface area contributed by atoms with E-state index in [4.69, 9.17) is 16.2 Å². The Balaban J connectivity index is 2.84. The molecule has 1 aromatic rings. The third-order valence-electron chi connectivity index (χ3n) is 3.04. The largest absolute Gasteiger partial charge is 0.494 e. The highest BCUT2D eigenvalue weighted by Gasteiger charge is 2.09. The summed E-state index contributed by atoms with van der Waals surface area (Å²) in [4.78, 5) is 0. The van der Waals surface area contributed by atoms with Gasteiger partial charge in [0.2, 0.25) is 0 Å². The highest BCUT2D eigenvalue weighted by atomic mass is 16.5. The van der Waals surface area contributed by atoms with Crippen LogP contribution in [-0.2, 0) is 12.8 Å². The van der Waals surface area contributed by atoms with Crippen LogP contribution in [0.2, 0.25) is 0 Å². The SMILES string of the molecule is CCOc1ccc(CC(CN)CN)c(CC)c1. The van der Waals surface area contributed by atoms with E-state index in [1.54, 1.807) is 0 Å². The molecule has 0 heterocycles. The third kappa shape index (κ3) is 4.02. The van der Waals surface area contributed by atoms with Crippen molar-refractivity contribution < 1.29 is 4.74 Å². The average molecular weight is 236 g/mol. The number of nitrogens with two attached hydrogens (primary N) is 2. The molecule has 0 aromatic heterocycles. The van der Waals surface area contributed by atoms with Crippen LogP contribution in [-0.4, -0.2) is 19.7 Å². The predicted octanol–water partition coefficient (Wildman–Crippen LogP) is 1.72. The van der Waals surface area contributed by atoms with Gasteiger partial charge in [-0.1, -0.05) is 13.0 Å². The van der Waals surface area contributed by atoms with Crippen molar-refractivity contribution in [3.63, 3.8) is 0 Å². The van der Waals surface area contributed by atoms with Crippen LogP contribution in [0.15, 0.2) is 18.2 Å². The minimum atomic E-state index is 0.373. The van der Waals surface area contributed by atoms with Crippen LogP contribution in [0.25, 0.3) is 0 Å². The molecular weight excluding hydrogens is 212 g/mol. The van der Waals surface area contributed by atoms with Crippen molar-refractivity contribution in [1.82, 2.24) is 0 Å². The normalized spacial score (nSPS) is 10.9. The molecule has 0 aliphatic heterocycles. The molecule has 0 bridgehead atoms. The fraction of sp³-hybridized carbons (Fsp3) is 0.571. The molecule has 0 spiro atoms. The van der Waals surface area contributed by atoms with Crippen LogP contribution in [0.5, 0.6) is 5.75 Å². The average Bonchev–Trinajstić information content (AvgIpc) is 2.37. The zero-order valence-corrected chi connectivity index (χ0v) is 10.9. The molecule has 1 aromatic carbocycles. The molecule has 0 atom stereocenters. The van der Waals surface area contributed by atoms with Gasteiger partial charge in [0.1, 0.15) is 5.75 Å². The molecule has 96 valence electrons. The summed E-state index contributed by atoms with van der Waals surface area (Å²) in [6.45, 7) is 6.16. The minimum absolute atomic E-state index is 0.373. The van der Waals surface area contributed by atoms with Crippen molar-refractivity contribution in [2.45, 2.75) is 26.7 Å². The maximum atomic E-state index is 5.70. The summed E-state index contributed by atoms with van der Waals surface area (Å²) in [5.74, 6) is 1.32. The van der Waals surface area contributed by atoms with E-state index in [0.29, 0.717) is 25.6 Å². The lowest BCUT2D eigenvalue weighted by atomic mass is 9.94. The molecule has 0 aliphatic rings. The second-order valence-corrected chi connectivity index (χ2v) is 4.26. The molecule has 1 rings (SSSR count). The molecule has 0 aliphatic carbocycles. The summed E-state index contributed by atoms with van der Waals surface area (Å²) in [7, 11) is 0. The highest BCUT2D eigenvalue weighted by molar-refractivity contribution is 5.36. The third-order valence-corrected chi connectivity index (χ3v) is 3.04. The second-order valence-electron chi connectivity index (χ2n) is 4.26. The molecule has 0 radical (unpaired) electrons. The van der Waals surface area contributed by atoms with Crippen molar-refractivity contribution >= 4 is 0 Å². The van der Waals surface area contributed by atoms with Gasteiger partial charge in [0.05, 0.1) is 6.61 Å². The monoisotopic (exact) mass is 236 g/mol. The first kappa shape index (κ1) is 14.0. The van der Waals surface area contributed by atoms with Gasteiger partial charge in [-0.05, 0) is 62.0 Å². The van der Waals surface area contributed by atoms with Gasteiger partial charge in [-0.25, -0.2) is 0 Å². The van der Waals surface area contributed by atoms with E-state index >= 15 is 0 Å². The van der Waals surface area contributed by atoms with Crippen molar-refractivity contribution in [3.8, 4) is 5.75 Å². The van der Waals surface area contributed by atoms with Crippen LogP contribution >= 0.6 is 0 Å². The smallest absolute Gasteiger partial charge is 0.119 e. The van der Waals surface area contributed by atoms with Gasteiger partial charge < -0.3 is 16.2 Å². The lowest BCUT2D eigenvalue weighted by Gasteiger charge is -2.16. The molecular formula is C14H24N2O. The maximum absolute atomic E-state index is 5.70. The Morgan fingerprint density at radius 2 is 1.82 bits per heavy atom. The summed E-state index contributed by atoms with van der Waals surface area (Å²) < 4.78 is 5.51. The molecule has 17 heavy (non-hydrogen) atoms. The number of hydrogen-bond acceptors (Lipinski definition) is 3. The standard InChI is InChI=1S/C14H24N2O/c1-3-12-8-14(17-4-2)6-5-13(12)7-11(9-15)10-16/h5-6,8,11H,3-4,7,9-10,15-16H2,1-2H3.